The number of sulfonamides is 1. The molecule has 1 heterocycles. The fourth-order valence-electron chi connectivity index (χ4n) is 1.40. The molecule has 1 rings (SSSR count). The van der Waals surface area contributed by atoms with Gasteiger partial charge in [0.05, 0.1) is 11.3 Å². The molecule has 116 valence electrons. The van der Waals surface area contributed by atoms with Crippen molar-refractivity contribution in [3.63, 3.8) is 0 Å². The van der Waals surface area contributed by atoms with Crippen molar-refractivity contribution in [2.45, 2.75) is 43.9 Å². The molecule has 20 heavy (non-hydrogen) atoms. The molecular formula is C11H17F3N2O2S2. The molecule has 0 aromatic carbocycles. The van der Waals surface area contributed by atoms with Gasteiger partial charge in [0.2, 0.25) is 10.0 Å². The van der Waals surface area contributed by atoms with Gasteiger partial charge in [-0.1, -0.05) is 13.8 Å². The van der Waals surface area contributed by atoms with Gasteiger partial charge in [0, 0.05) is 24.0 Å². The highest BCUT2D eigenvalue weighted by Gasteiger charge is 2.28. The highest BCUT2D eigenvalue weighted by atomic mass is 32.2. The Hall–Kier alpha value is -0.640. The third-order valence-corrected chi connectivity index (χ3v) is 4.96. The highest BCUT2D eigenvalue weighted by Crippen LogP contribution is 2.23. The van der Waals surface area contributed by atoms with Gasteiger partial charge in [0.1, 0.15) is 0 Å². The van der Waals surface area contributed by atoms with Crippen LogP contribution in [0.4, 0.5) is 13.2 Å². The lowest BCUT2D eigenvalue weighted by molar-refractivity contribution is -0.132. The minimum atomic E-state index is -4.38. The van der Waals surface area contributed by atoms with Crippen LogP contribution in [0.1, 0.15) is 25.1 Å². The lowest BCUT2D eigenvalue weighted by Crippen LogP contribution is -2.29. The number of halogens is 3. The lowest BCUT2D eigenvalue weighted by Gasteiger charge is -2.11. The summed E-state index contributed by atoms with van der Waals surface area (Å²) in [6.07, 6.45) is -5.56. The Bertz CT molecular complexity index is 524. The van der Waals surface area contributed by atoms with Gasteiger partial charge in [-0.05, 0) is 11.4 Å². The maximum absolute atomic E-state index is 12.0. The number of rotatable bonds is 7. The fraction of sp³-hybridized carbons (Fsp3) is 0.636. The normalized spacial score (nSPS) is 13.1. The molecule has 0 unspecified atom stereocenters. The van der Waals surface area contributed by atoms with E-state index in [0.717, 1.165) is 0 Å². The molecule has 0 spiro atoms. The Morgan fingerprint density at radius 3 is 2.55 bits per heavy atom. The molecule has 0 aliphatic carbocycles. The quantitative estimate of drug-likeness (QED) is 0.807. The SMILES string of the molecule is CC(C)NCc1sccc1S(=O)(=O)NCCC(F)(F)F. The molecule has 0 fully saturated rings. The van der Waals surface area contributed by atoms with Crippen LogP contribution in [0.5, 0.6) is 0 Å². The smallest absolute Gasteiger partial charge is 0.310 e. The summed E-state index contributed by atoms with van der Waals surface area (Å²) in [6, 6.07) is 1.59. The third-order valence-electron chi connectivity index (χ3n) is 2.37. The average Bonchev–Trinajstić information content (AvgIpc) is 2.72. The molecule has 0 bridgehead atoms. The Kier molecular flexibility index (Phi) is 5.99. The minimum Gasteiger partial charge on any atom is -0.310 e. The molecule has 0 atom stereocenters. The molecule has 0 amide bonds. The molecule has 0 aliphatic heterocycles. The zero-order valence-electron chi connectivity index (χ0n) is 11.1. The van der Waals surface area contributed by atoms with E-state index in [1.165, 1.54) is 17.4 Å². The van der Waals surface area contributed by atoms with Crippen LogP contribution >= 0.6 is 11.3 Å². The van der Waals surface area contributed by atoms with Gasteiger partial charge in [-0.2, -0.15) is 13.2 Å². The first kappa shape index (κ1) is 17.4. The highest BCUT2D eigenvalue weighted by molar-refractivity contribution is 7.89. The van der Waals surface area contributed by atoms with E-state index in [1.54, 1.807) is 5.38 Å². The van der Waals surface area contributed by atoms with Crippen LogP contribution in [-0.2, 0) is 16.6 Å². The monoisotopic (exact) mass is 330 g/mol. The van der Waals surface area contributed by atoms with Crippen LogP contribution in [0.25, 0.3) is 0 Å². The second-order valence-corrected chi connectivity index (χ2v) is 7.24. The van der Waals surface area contributed by atoms with E-state index in [4.69, 9.17) is 0 Å². The van der Waals surface area contributed by atoms with Crippen molar-refractivity contribution in [1.29, 1.82) is 0 Å². The van der Waals surface area contributed by atoms with E-state index in [-0.39, 0.29) is 10.9 Å². The second-order valence-electron chi connectivity index (χ2n) is 4.51. The number of hydrogen-bond donors (Lipinski definition) is 2. The van der Waals surface area contributed by atoms with Crippen LogP contribution in [0.2, 0.25) is 0 Å². The zero-order chi connectivity index (χ0) is 15.4. The first-order chi connectivity index (χ1) is 9.12. The van der Waals surface area contributed by atoms with E-state index in [1.807, 2.05) is 18.6 Å². The summed E-state index contributed by atoms with van der Waals surface area (Å²) in [5.41, 5.74) is 0. The van der Waals surface area contributed by atoms with E-state index >= 15 is 0 Å². The maximum Gasteiger partial charge on any atom is 0.390 e. The van der Waals surface area contributed by atoms with Gasteiger partial charge < -0.3 is 5.32 Å². The summed E-state index contributed by atoms with van der Waals surface area (Å²) in [4.78, 5) is 0.621. The standard InChI is InChI=1S/C11H17F3N2O2S2/c1-8(2)15-7-9-10(3-6-19-9)20(17,18)16-5-4-11(12,13)14/h3,6,8,15-16H,4-5,7H2,1-2H3. The van der Waals surface area contributed by atoms with Crippen molar-refractivity contribution >= 4 is 21.4 Å². The Morgan fingerprint density at radius 1 is 1.35 bits per heavy atom. The molecule has 1 aromatic rings. The van der Waals surface area contributed by atoms with Gasteiger partial charge in [0.25, 0.3) is 0 Å². The Labute approximate surface area is 120 Å². The van der Waals surface area contributed by atoms with Crippen molar-refractivity contribution in [1.82, 2.24) is 10.0 Å². The van der Waals surface area contributed by atoms with Gasteiger partial charge in [-0.3, -0.25) is 0 Å². The summed E-state index contributed by atoms with van der Waals surface area (Å²) < 4.78 is 61.9. The van der Waals surface area contributed by atoms with Crippen molar-refractivity contribution in [2.75, 3.05) is 6.54 Å². The topological polar surface area (TPSA) is 58.2 Å². The second kappa shape index (κ2) is 6.88. The lowest BCUT2D eigenvalue weighted by atomic mass is 10.4. The van der Waals surface area contributed by atoms with Gasteiger partial charge in [-0.15, -0.1) is 11.3 Å². The first-order valence-corrected chi connectivity index (χ1v) is 8.34. The summed E-state index contributed by atoms with van der Waals surface area (Å²) in [5, 5.41) is 4.69. The maximum atomic E-state index is 12.0. The van der Waals surface area contributed by atoms with E-state index < -0.39 is 29.2 Å². The molecule has 4 nitrogen and oxygen atoms in total. The van der Waals surface area contributed by atoms with Crippen LogP contribution in [0, 0.1) is 0 Å². The number of thiophene rings is 1. The molecule has 0 aliphatic rings. The molecule has 0 radical (unpaired) electrons. The van der Waals surface area contributed by atoms with Crippen molar-refractivity contribution in [3.8, 4) is 0 Å². The molecule has 9 heteroatoms. The Morgan fingerprint density at radius 2 is 2.00 bits per heavy atom. The van der Waals surface area contributed by atoms with Gasteiger partial charge >= 0.3 is 6.18 Å². The number of hydrogen-bond acceptors (Lipinski definition) is 4. The van der Waals surface area contributed by atoms with Crippen LogP contribution < -0.4 is 10.0 Å². The van der Waals surface area contributed by atoms with Crippen LogP contribution in [0.3, 0.4) is 0 Å². The summed E-state index contributed by atoms with van der Waals surface area (Å²) in [6.45, 7) is 3.55. The number of nitrogens with one attached hydrogen (secondary N) is 2. The molecular weight excluding hydrogens is 313 g/mol. The van der Waals surface area contributed by atoms with Gasteiger partial charge in [-0.25, -0.2) is 13.1 Å². The number of alkyl halides is 3. The van der Waals surface area contributed by atoms with Crippen LogP contribution in [-0.4, -0.2) is 27.2 Å². The largest absolute Gasteiger partial charge is 0.390 e. The van der Waals surface area contributed by atoms with Gasteiger partial charge in [0.15, 0.2) is 0 Å². The summed E-state index contributed by atoms with van der Waals surface area (Å²) in [5.74, 6) is 0. The molecule has 1 aromatic heterocycles. The Balaban J connectivity index is 2.70. The predicted molar refractivity (Wildman–Crippen MR) is 72.2 cm³/mol. The van der Waals surface area contributed by atoms with E-state index in [9.17, 15) is 21.6 Å². The van der Waals surface area contributed by atoms with Crippen LogP contribution in [0.15, 0.2) is 16.3 Å². The average molecular weight is 330 g/mol. The summed E-state index contributed by atoms with van der Waals surface area (Å²) in [7, 11) is -3.90. The zero-order valence-corrected chi connectivity index (χ0v) is 12.8. The fourth-order valence-corrected chi connectivity index (χ4v) is 3.82. The molecule has 0 saturated carbocycles. The molecule has 0 saturated heterocycles. The first-order valence-electron chi connectivity index (χ1n) is 5.98. The third kappa shape index (κ3) is 5.78. The van der Waals surface area contributed by atoms with Crippen molar-refractivity contribution in [2.24, 2.45) is 0 Å². The van der Waals surface area contributed by atoms with E-state index in [0.29, 0.717) is 11.4 Å². The minimum absolute atomic E-state index is 0.0397. The van der Waals surface area contributed by atoms with E-state index in [2.05, 4.69) is 5.32 Å². The van der Waals surface area contributed by atoms with Crippen molar-refractivity contribution < 1.29 is 21.6 Å². The molecule has 2 N–H and O–H groups in total. The predicted octanol–water partition coefficient (Wildman–Crippen LogP) is 2.48. The van der Waals surface area contributed by atoms with Crippen molar-refractivity contribution in [3.05, 3.63) is 16.3 Å². The summed E-state index contributed by atoms with van der Waals surface area (Å²) >= 11 is 1.25.